The van der Waals surface area contributed by atoms with Gasteiger partial charge in [-0.3, -0.25) is 0 Å². The minimum absolute atomic E-state index is 0.109. The van der Waals surface area contributed by atoms with E-state index in [-0.39, 0.29) is 14.5 Å². The second-order valence-electron chi connectivity index (χ2n) is 13.1. The molecule has 0 radical (unpaired) electrons. The monoisotopic (exact) mass is 716 g/mol. The SMILES string of the molecule is c1ccc(-n2c3ccccc3c3cc(-c4cnc5c(c4)[se]c4cc(-c6ccc7c(c6)c6ccccc6n7-c6ccccc6)cnc45)ccc32)cc1. The van der Waals surface area contributed by atoms with E-state index in [1.165, 1.54) is 74.6 Å². The molecule has 5 aromatic heterocycles. The molecule has 5 heteroatoms. The van der Waals surface area contributed by atoms with Crippen LogP contribution < -0.4 is 0 Å². The fourth-order valence-electron chi connectivity index (χ4n) is 7.85. The summed E-state index contributed by atoms with van der Waals surface area (Å²) in [5.41, 5.74) is 13.8. The molecule has 4 nitrogen and oxygen atoms in total. The van der Waals surface area contributed by atoms with Gasteiger partial charge in [0, 0.05) is 0 Å². The first-order chi connectivity index (χ1) is 25.3. The Kier molecular flexibility index (Phi) is 6.23. The van der Waals surface area contributed by atoms with E-state index >= 15 is 0 Å². The molecule has 0 N–H and O–H groups in total. The maximum atomic E-state index is 5.03. The average Bonchev–Trinajstić information content (AvgIpc) is 3.85. The molecular formula is C46H28N4Se. The molecule has 6 aromatic carbocycles. The van der Waals surface area contributed by atoms with Crippen molar-refractivity contribution in [1.29, 1.82) is 0 Å². The van der Waals surface area contributed by atoms with Gasteiger partial charge in [0.25, 0.3) is 0 Å². The Balaban J connectivity index is 1.01. The second kappa shape index (κ2) is 11.1. The fraction of sp³-hybridized carbons (Fsp3) is 0. The van der Waals surface area contributed by atoms with Crippen LogP contribution in [0.15, 0.2) is 170 Å². The molecule has 0 saturated carbocycles. The standard InChI is InChI=1S/C46H28N4Se/c1-3-11-33(12-4-1)49-39-17-9-7-15-35(39)37-23-29(19-21-41(37)49)31-25-43-45(47-27-31)46-44(51-43)26-32(28-48-46)30-20-22-42-38(24-30)36-16-8-10-18-40(36)50(42)34-13-5-2-6-14-34/h1-28H. The average molecular weight is 716 g/mol. The Morgan fingerprint density at radius 2 is 0.765 bits per heavy atom. The van der Waals surface area contributed by atoms with Crippen LogP contribution in [0.3, 0.4) is 0 Å². The second-order valence-corrected chi connectivity index (χ2v) is 15.4. The van der Waals surface area contributed by atoms with Crippen LogP contribution >= 0.6 is 0 Å². The van der Waals surface area contributed by atoms with Gasteiger partial charge in [-0.1, -0.05) is 0 Å². The zero-order valence-electron chi connectivity index (χ0n) is 27.4. The topological polar surface area (TPSA) is 35.6 Å². The Morgan fingerprint density at radius 3 is 1.24 bits per heavy atom. The number of para-hydroxylation sites is 4. The van der Waals surface area contributed by atoms with Crippen LogP contribution in [0.4, 0.5) is 0 Å². The first kappa shape index (κ1) is 28.6. The predicted octanol–water partition coefficient (Wildman–Crippen LogP) is 11.4. The Labute approximate surface area is 299 Å². The van der Waals surface area contributed by atoms with Gasteiger partial charge in [0.15, 0.2) is 0 Å². The van der Waals surface area contributed by atoms with Crippen LogP contribution in [0.5, 0.6) is 0 Å². The van der Waals surface area contributed by atoms with Crippen molar-refractivity contribution in [3.8, 4) is 33.6 Å². The van der Waals surface area contributed by atoms with Gasteiger partial charge in [-0.25, -0.2) is 0 Å². The van der Waals surface area contributed by atoms with Crippen molar-refractivity contribution in [3.63, 3.8) is 0 Å². The van der Waals surface area contributed by atoms with Crippen LogP contribution in [-0.4, -0.2) is 33.6 Å². The van der Waals surface area contributed by atoms with Crippen LogP contribution in [0, 0.1) is 0 Å². The van der Waals surface area contributed by atoms with Crippen molar-refractivity contribution >= 4 is 77.7 Å². The molecule has 0 spiro atoms. The third-order valence-electron chi connectivity index (χ3n) is 10.2. The molecule has 0 atom stereocenters. The third-order valence-corrected chi connectivity index (χ3v) is 12.4. The number of hydrogen-bond donors (Lipinski definition) is 0. The number of fused-ring (bicyclic) bond motifs is 9. The summed E-state index contributed by atoms with van der Waals surface area (Å²) in [6, 6.07) is 56.9. The van der Waals surface area contributed by atoms with E-state index in [0.29, 0.717) is 0 Å². The molecule has 0 unspecified atom stereocenters. The molecule has 0 fully saturated rings. The van der Waals surface area contributed by atoms with Crippen LogP contribution in [0.1, 0.15) is 0 Å². The summed E-state index contributed by atoms with van der Waals surface area (Å²) in [6.07, 6.45) is 4.04. The molecule has 238 valence electrons. The summed E-state index contributed by atoms with van der Waals surface area (Å²) in [5, 5.41) is 5.00. The van der Waals surface area contributed by atoms with Gasteiger partial charge in [0.05, 0.1) is 0 Å². The molecule has 0 bridgehead atoms. The molecule has 0 aliphatic carbocycles. The first-order valence-corrected chi connectivity index (χ1v) is 18.9. The molecule has 11 aromatic rings. The van der Waals surface area contributed by atoms with Gasteiger partial charge in [0.2, 0.25) is 0 Å². The predicted molar refractivity (Wildman–Crippen MR) is 214 cm³/mol. The Hall–Kier alpha value is -6.26. The van der Waals surface area contributed by atoms with Gasteiger partial charge in [-0.15, -0.1) is 0 Å². The molecule has 0 saturated heterocycles. The molecule has 11 rings (SSSR count). The summed E-state index contributed by atoms with van der Waals surface area (Å²) in [4.78, 5) is 10.1. The number of rotatable bonds is 4. The van der Waals surface area contributed by atoms with E-state index in [1.807, 2.05) is 12.4 Å². The van der Waals surface area contributed by atoms with Gasteiger partial charge in [-0.2, -0.15) is 0 Å². The van der Waals surface area contributed by atoms with Crippen LogP contribution in [0.25, 0.3) is 96.8 Å². The third kappa shape index (κ3) is 4.39. The number of benzene rings is 6. The molecule has 5 heterocycles. The molecular weight excluding hydrogens is 687 g/mol. The van der Waals surface area contributed by atoms with Crippen molar-refractivity contribution in [2.24, 2.45) is 0 Å². The Morgan fingerprint density at radius 1 is 0.353 bits per heavy atom. The van der Waals surface area contributed by atoms with Crippen molar-refractivity contribution < 1.29 is 0 Å². The van der Waals surface area contributed by atoms with Crippen LogP contribution in [-0.2, 0) is 0 Å². The van der Waals surface area contributed by atoms with E-state index < -0.39 is 0 Å². The normalized spacial score (nSPS) is 11.9. The van der Waals surface area contributed by atoms with E-state index in [2.05, 4.69) is 167 Å². The summed E-state index contributed by atoms with van der Waals surface area (Å²) in [5.74, 6) is 0. The van der Waals surface area contributed by atoms with E-state index in [1.54, 1.807) is 0 Å². The summed E-state index contributed by atoms with van der Waals surface area (Å²) < 4.78 is 7.29. The van der Waals surface area contributed by atoms with Gasteiger partial charge in [-0.05, 0) is 0 Å². The quantitative estimate of drug-likeness (QED) is 0.170. The molecule has 0 aliphatic rings. The van der Waals surface area contributed by atoms with Crippen molar-refractivity contribution in [3.05, 3.63) is 170 Å². The van der Waals surface area contributed by atoms with Crippen LogP contribution in [0.2, 0.25) is 0 Å². The van der Waals surface area contributed by atoms with Crippen molar-refractivity contribution in [1.82, 2.24) is 19.1 Å². The number of nitrogens with zero attached hydrogens (tertiary/aromatic N) is 4. The van der Waals surface area contributed by atoms with E-state index in [0.717, 1.165) is 22.2 Å². The minimum atomic E-state index is 0.109. The number of pyridine rings is 2. The number of aromatic nitrogens is 4. The fourth-order valence-corrected chi connectivity index (χ4v) is 10.2. The van der Waals surface area contributed by atoms with E-state index in [4.69, 9.17) is 9.97 Å². The van der Waals surface area contributed by atoms with Crippen molar-refractivity contribution in [2.45, 2.75) is 0 Å². The summed E-state index contributed by atoms with van der Waals surface area (Å²) >= 11 is 0.109. The maximum absolute atomic E-state index is 5.03. The van der Waals surface area contributed by atoms with E-state index in [9.17, 15) is 0 Å². The molecule has 0 amide bonds. The molecule has 51 heavy (non-hydrogen) atoms. The zero-order valence-corrected chi connectivity index (χ0v) is 29.1. The van der Waals surface area contributed by atoms with Gasteiger partial charge >= 0.3 is 301 Å². The summed E-state index contributed by atoms with van der Waals surface area (Å²) in [6.45, 7) is 0. The zero-order chi connectivity index (χ0) is 33.5. The van der Waals surface area contributed by atoms with Gasteiger partial charge in [0.1, 0.15) is 0 Å². The summed E-state index contributed by atoms with van der Waals surface area (Å²) in [7, 11) is 0. The molecule has 0 aliphatic heterocycles. The van der Waals surface area contributed by atoms with Gasteiger partial charge < -0.3 is 0 Å². The Bertz CT molecular complexity index is 2920. The van der Waals surface area contributed by atoms with Crippen molar-refractivity contribution in [2.75, 3.05) is 0 Å². The number of hydrogen-bond acceptors (Lipinski definition) is 2. The first-order valence-electron chi connectivity index (χ1n) is 17.1.